The summed E-state index contributed by atoms with van der Waals surface area (Å²) in [6.45, 7) is 8.98. The number of hydrogen-bond acceptors (Lipinski definition) is 0. The molecule has 0 amide bonds. The van der Waals surface area contributed by atoms with Crippen LogP contribution in [-0.2, 0) is 0 Å². The summed E-state index contributed by atoms with van der Waals surface area (Å²) in [6, 6.07) is 0. The fourth-order valence-corrected chi connectivity index (χ4v) is 3.21. The highest BCUT2D eigenvalue weighted by Gasteiger charge is 2.11. The molecular weight excluding hydrogens is 252 g/mol. The minimum absolute atomic E-state index is 1.20. The van der Waals surface area contributed by atoms with E-state index in [0.717, 1.165) is 0 Å². The molecule has 0 radical (unpaired) electrons. The van der Waals surface area contributed by atoms with Gasteiger partial charge in [-0.05, 0) is 85.0 Å². The molecule has 0 saturated heterocycles. The molecule has 21 heavy (non-hydrogen) atoms. The minimum atomic E-state index is 1.20. The smallest absolute Gasteiger partial charge is 0.0283 e. The van der Waals surface area contributed by atoms with Crippen LogP contribution in [0, 0.1) is 0 Å². The maximum absolute atomic E-state index is 2.48. The highest BCUT2D eigenvalue weighted by molar-refractivity contribution is 5.18. The highest BCUT2D eigenvalue weighted by atomic mass is 14.2. The van der Waals surface area contributed by atoms with Gasteiger partial charge in [0, 0.05) is 0 Å². The van der Waals surface area contributed by atoms with Crippen molar-refractivity contribution < 1.29 is 0 Å². The standard InChI is InChI=1S/C21H36/c1-5-6-14-20-15-7-8-16-21(20)17-10-13-19(4)12-9-11-18(2)3/h11,13H,5-10,12,14-17H2,1-4H3. The Morgan fingerprint density at radius 2 is 1.57 bits per heavy atom. The van der Waals surface area contributed by atoms with Crippen LogP contribution in [0.15, 0.2) is 34.4 Å². The first-order chi connectivity index (χ1) is 10.1. The molecule has 0 bridgehead atoms. The zero-order chi connectivity index (χ0) is 15.5. The summed E-state index contributed by atoms with van der Waals surface area (Å²) in [6.07, 6.45) is 19.6. The average Bonchev–Trinajstić information content (AvgIpc) is 2.46. The van der Waals surface area contributed by atoms with Crippen molar-refractivity contribution >= 4 is 0 Å². The molecule has 0 atom stereocenters. The van der Waals surface area contributed by atoms with Crippen molar-refractivity contribution in [2.24, 2.45) is 0 Å². The van der Waals surface area contributed by atoms with Crippen molar-refractivity contribution in [2.45, 2.75) is 98.3 Å². The Morgan fingerprint density at radius 3 is 2.19 bits per heavy atom. The van der Waals surface area contributed by atoms with E-state index >= 15 is 0 Å². The molecule has 0 unspecified atom stereocenters. The molecule has 0 aromatic rings. The topological polar surface area (TPSA) is 0 Å². The summed E-state index contributed by atoms with van der Waals surface area (Å²) in [7, 11) is 0. The van der Waals surface area contributed by atoms with Crippen LogP contribution in [0.5, 0.6) is 0 Å². The molecule has 0 heteroatoms. The lowest BCUT2D eigenvalue weighted by Crippen LogP contribution is -2.00. The first-order valence-electron chi connectivity index (χ1n) is 9.12. The summed E-state index contributed by atoms with van der Waals surface area (Å²) in [5.74, 6) is 0. The SMILES string of the molecule is CCCCC1=C(CCC=C(C)CCC=C(C)C)CCCC1. The van der Waals surface area contributed by atoms with Gasteiger partial charge in [0.25, 0.3) is 0 Å². The van der Waals surface area contributed by atoms with Gasteiger partial charge in [0.2, 0.25) is 0 Å². The Morgan fingerprint density at radius 1 is 0.905 bits per heavy atom. The molecule has 1 aliphatic carbocycles. The van der Waals surface area contributed by atoms with E-state index in [4.69, 9.17) is 0 Å². The first-order valence-corrected chi connectivity index (χ1v) is 9.12. The van der Waals surface area contributed by atoms with Crippen molar-refractivity contribution in [1.29, 1.82) is 0 Å². The maximum atomic E-state index is 2.48. The second kappa shape index (κ2) is 10.9. The monoisotopic (exact) mass is 288 g/mol. The zero-order valence-corrected chi connectivity index (χ0v) is 14.9. The minimum Gasteiger partial charge on any atom is -0.0856 e. The Bertz CT molecular complexity index is 375. The van der Waals surface area contributed by atoms with Gasteiger partial charge in [-0.25, -0.2) is 0 Å². The summed E-state index contributed by atoms with van der Waals surface area (Å²) in [5, 5.41) is 0. The normalized spacial score (nSPS) is 16.3. The third-order valence-electron chi connectivity index (χ3n) is 4.57. The average molecular weight is 289 g/mol. The van der Waals surface area contributed by atoms with Gasteiger partial charge < -0.3 is 0 Å². The quantitative estimate of drug-likeness (QED) is 0.385. The van der Waals surface area contributed by atoms with E-state index < -0.39 is 0 Å². The Kier molecular flexibility index (Phi) is 9.46. The molecule has 0 aromatic carbocycles. The number of rotatable bonds is 9. The van der Waals surface area contributed by atoms with Crippen LogP contribution < -0.4 is 0 Å². The van der Waals surface area contributed by atoms with Crippen molar-refractivity contribution in [3.05, 3.63) is 34.4 Å². The van der Waals surface area contributed by atoms with Crippen molar-refractivity contribution in [2.75, 3.05) is 0 Å². The van der Waals surface area contributed by atoms with Gasteiger partial charge in [0.15, 0.2) is 0 Å². The predicted octanol–water partition coefficient (Wildman–Crippen LogP) is 7.52. The van der Waals surface area contributed by atoms with Gasteiger partial charge in [0.05, 0.1) is 0 Å². The van der Waals surface area contributed by atoms with Crippen LogP contribution in [0.1, 0.15) is 98.3 Å². The molecule has 0 N–H and O–H groups in total. The lowest BCUT2D eigenvalue weighted by Gasteiger charge is -2.20. The molecule has 0 fully saturated rings. The molecular formula is C21H36. The Labute approximate surface area is 133 Å². The van der Waals surface area contributed by atoms with Crippen LogP contribution in [-0.4, -0.2) is 0 Å². The molecule has 120 valence electrons. The van der Waals surface area contributed by atoms with E-state index in [-0.39, 0.29) is 0 Å². The lowest BCUT2D eigenvalue weighted by atomic mass is 9.86. The fraction of sp³-hybridized carbons (Fsp3) is 0.714. The number of allylic oxidation sites excluding steroid dienone is 6. The van der Waals surface area contributed by atoms with Crippen molar-refractivity contribution in [1.82, 2.24) is 0 Å². The molecule has 1 rings (SSSR count). The molecule has 1 aliphatic rings. The van der Waals surface area contributed by atoms with Crippen LogP contribution in [0.4, 0.5) is 0 Å². The van der Waals surface area contributed by atoms with E-state index in [1.54, 1.807) is 5.57 Å². The highest BCUT2D eigenvalue weighted by Crippen LogP contribution is 2.31. The second-order valence-corrected chi connectivity index (χ2v) is 6.93. The largest absolute Gasteiger partial charge is 0.0856 e. The number of hydrogen-bond donors (Lipinski definition) is 0. The lowest BCUT2D eigenvalue weighted by molar-refractivity contribution is 0.612. The third kappa shape index (κ3) is 8.29. The summed E-state index contributed by atoms with van der Waals surface area (Å²) >= 11 is 0. The number of unbranched alkanes of at least 4 members (excludes halogenated alkanes) is 1. The van der Waals surface area contributed by atoms with Gasteiger partial charge >= 0.3 is 0 Å². The van der Waals surface area contributed by atoms with Crippen LogP contribution in [0.3, 0.4) is 0 Å². The zero-order valence-electron chi connectivity index (χ0n) is 14.9. The third-order valence-corrected chi connectivity index (χ3v) is 4.57. The molecule has 0 saturated carbocycles. The molecule has 0 spiro atoms. The van der Waals surface area contributed by atoms with Crippen LogP contribution in [0.2, 0.25) is 0 Å². The summed E-state index contributed by atoms with van der Waals surface area (Å²) in [4.78, 5) is 0. The van der Waals surface area contributed by atoms with E-state index in [9.17, 15) is 0 Å². The van der Waals surface area contributed by atoms with Crippen LogP contribution in [0.25, 0.3) is 0 Å². The van der Waals surface area contributed by atoms with Gasteiger partial charge in [-0.15, -0.1) is 0 Å². The Hall–Kier alpha value is -0.780. The molecule has 0 aliphatic heterocycles. The predicted molar refractivity (Wildman–Crippen MR) is 96.7 cm³/mol. The van der Waals surface area contributed by atoms with Crippen molar-refractivity contribution in [3.63, 3.8) is 0 Å². The van der Waals surface area contributed by atoms with E-state index in [1.807, 2.05) is 11.1 Å². The molecule has 0 heterocycles. The summed E-state index contributed by atoms with van der Waals surface area (Å²) in [5.41, 5.74) is 6.64. The van der Waals surface area contributed by atoms with E-state index in [0.29, 0.717) is 0 Å². The van der Waals surface area contributed by atoms with Crippen molar-refractivity contribution in [3.8, 4) is 0 Å². The van der Waals surface area contributed by atoms with E-state index in [1.165, 1.54) is 76.2 Å². The van der Waals surface area contributed by atoms with Gasteiger partial charge in [-0.2, -0.15) is 0 Å². The summed E-state index contributed by atoms with van der Waals surface area (Å²) < 4.78 is 0. The van der Waals surface area contributed by atoms with Gasteiger partial charge in [-0.1, -0.05) is 47.8 Å². The Balaban J connectivity index is 2.40. The molecule has 0 aromatic heterocycles. The first kappa shape index (κ1) is 18.3. The molecule has 0 nitrogen and oxygen atoms in total. The maximum Gasteiger partial charge on any atom is -0.0283 e. The van der Waals surface area contributed by atoms with Gasteiger partial charge in [-0.3, -0.25) is 0 Å². The van der Waals surface area contributed by atoms with Gasteiger partial charge in [0.1, 0.15) is 0 Å². The fourth-order valence-electron chi connectivity index (χ4n) is 3.21. The van der Waals surface area contributed by atoms with E-state index in [2.05, 4.69) is 39.8 Å². The van der Waals surface area contributed by atoms with Crippen LogP contribution >= 0.6 is 0 Å². The second-order valence-electron chi connectivity index (χ2n) is 6.93.